The molecule has 0 bridgehead atoms. The van der Waals surface area contributed by atoms with E-state index in [1.165, 1.54) is 12.1 Å². The summed E-state index contributed by atoms with van der Waals surface area (Å²) in [6.45, 7) is 1.73. The molecule has 1 rings (SSSR count). The average molecular weight is 354 g/mol. The molecule has 0 unspecified atom stereocenters. The summed E-state index contributed by atoms with van der Waals surface area (Å²) in [5.41, 5.74) is -0.0525. The first-order valence-corrected chi connectivity index (χ1v) is 8.28. The fourth-order valence-corrected chi connectivity index (χ4v) is 3.46. The zero-order valence-corrected chi connectivity index (χ0v) is 13.0. The van der Waals surface area contributed by atoms with Crippen LogP contribution in [0.1, 0.15) is 31.7 Å². The standard InChI is InChI=1S/C12H17BrFNO3S/c1-2-3-4-5-15-19(17,18)11-7-10(13)6-9(8-16)12(11)14/h6-7,15-16H,2-5,8H2,1H3. The number of hydrogen-bond acceptors (Lipinski definition) is 3. The molecule has 0 spiro atoms. The number of nitrogens with one attached hydrogen (secondary N) is 1. The third-order valence-electron chi connectivity index (χ3n) is 2.61. The number of unbranched alkanes of at least 4 members (excludes halogenated alkanes) is 2. The van der Waals surface area contributed by atoms with Gasteiger partial charge in [0.15, 0.2) is 0 Å². The van der Waals surface area contributed by atoms with Crippen LogP contribution in [-0.2, 0) is 16.6 Å². The van der Waals surface area contributed by atoms with Crippen LogP contribution >= 0.6 is 15.9 Å². The second-order valence-corrected chi connectivity index (χ2v) is 6.79. The highest BCUT2D eigenvalue weighted by atomic mass is 79.9. The van der Waals surface area contributed by atoms with Crippen LogP contribution in [0.15, 0.2) is 21.5 Å². The zero-order chi connectivity index (χ0) is 14.5. The highest BCUT2D eigenvalue weighted by Crippen LogP contribution is 2.24. The molecule has 1 aromatic carbocycles. The van der Waals surface area contributed by atoms with Crippen LogP contribution < -0.4 is 4.72 Å². The van der Waals surface area contributed by atoms with Crippen LogP contribution in [0.25, 0.3) is 0 Å². The first kappa shape index (κ1) is 16.6. The van der Waals surface area contributed by atoms with E-state index in [-0.39, 0.29) is 12.1 Å². The first-order chi connectivity index (χ1) is 8.92. The highest BCUT2D eigenvalue weighted by molar-refractivity contribution is 9.10. The highest BCUT2D eigenvalue weighted by Gasteiger charge is 2.21. The molecule has 7 heteroatoms. The van der Waals surface area contributed by atoms with Gasteiger partial charge in [-0.1, -0.05) is 35.7 Å². The van der Waals surface area contributed by atoms with Crippen LogP contribution in [0.2, 0.25) is 0 Å². The molecule has 0 radical (unpaired) electrons. The Morgan fingerprint density at radius 2 is 2.05 bits per heavy atom. The van der Waals surface area contributed by atoms with Crippen LogP contribution in [-0.4, -0.2) is 20.1 Å². The molecule has 0 aliphatic rings. The topological polar surface area (TPSA) is 66.4 Å². The van der Waals surface area contributed by atoms with Crippen molar-refractivity contribution in [2.24, 2.45) is 0 Å². The van der Waals surface area contributed by atoms with Gasteiger partial charge in [-0.25, -0.2) is 17.5 Å². The molecule has 0 aromatic heterocycles. The van der Waals surface area contributed by atoms with Gasteiger partial charge in [0.25, 0.3) is 0 Å². The van der Waals surface area contributed by atoms with E-state index in [2.05, 4.69) is 20.7 Å². The van der Waals surface area contributed by atoms with E-state index in [0.717, 1.165) is 12.8 Å². The zero-order valence-electron chi connectivity index (χ0n) is 10.6. The number of halogens is 2. The smallest absolute Gasteiger partial charge is 0.243 e. The molecule has 0 atom stereocenters. The molecule has 0 amide bonds. The van der Waals surface area contributed by atoms with Gasteiger partial charge in [-0.15, -0.1) is 0 Å². The number of sulfonamides is 1. The van der Waals surface area contributed by atoms with Gasteiger partial charge in [0.1, 0.15) is 10.7 Å². The summed E-state index contributed by atoms with van der Waals surface area (Å²) in [4.78, 5) is -0.442. The van der Waals surface area contributed by atoms with Gasteiger partial charge in [0.05, 0.1) is 6.61 Å². The van der Waals surface area contributed by atoms with E-state index in [0.29, 0.717) is 10.9 Å². The van der Waals surface area contributed by atoms with Crippen molar-refractivity contribution in [2.45, 2.75) is 37.7 Å². The molecular formula is C12H17BrFNO3S. The van der Waals surface area contributed by atoms with Gasteiger partial charge in [-0.3, -0.25) is 0 Å². The molecule has 4 nitrogen and oxygen atoms in total. The molecule has 0 aliphatic carbocycles. The predicted molar refractivity (Wildman–Crippen MR) is 74.7 cm³/mol. The summed E-state index contributed by atoms with van der Waals surface area (Å²) in [5, 5.41) is 9.00. The maximum Gasteiger partial charge on any atom is 0.243 e. The summed E-state index contributed by atoms with van der Waals surface area (Å²) < 4.78 is 40.7. The number of aliphatic hydroxyl groups is 1. The van der Waals surface area contributed by atoms with E-state index in [9.17, 15) is 12.8 Å². The molecule has 1 aromatic rings. The van der Waals surface area contributed by atoms with Crippen LogP contribution in [0, 0.1) is 5.82 Å². The Morgan fingerprint density at radius 1 is 1.37 bits per heavy atom. The normalized spacial score (nSPS) is 11.8. The summed E-state index contributed by atoms with van der Waals surface area (Å²) >= 11 is 3.10. The van der Waals surface area contributed by atoms with E-state index in [4.69, 9.17) is 5.11 Å². The summed E-state index contributed by atoms with van der Waals surface area (Å²) in [5.74, 6) is -0.909. The molecule has 0 saturated carbocycles. The Labute approximate surface area is 121 Å². The summed E-state index contributed by atoms with van der Waals surface area (Å²) in [6, 6.07) is 2.54. The van der Waals surface area contributed by atoms with Crippen molar-refractivity contribution in [3.63, 3.8) is 0 Å². The maximum absolute atomic E-state index is 13.9. The minimum Gasteiger partial charge on any atom is -0.392 e. The van der Waals surface area contributed by atoms with E-state index < -0.39 is 27.3 Å². The average Bonchev–Trinajstić information content (AvgIpc) is 2.37. The van der Waals surface area contributed by atoms with Crippen molar-refractivity contribution in [3.05, 3.63) is 28.0 Å². The minimum absolute atomic E-state index is 0.0525. The molecule has 2 N–H and O–H groups in total. The Bertz CT molecular complexity index is 534. The Kier molecular flexibility index (Phi) is 6.38. The van der Waals surface area contributed by atoms with Gasteiger partial charge in [-0.05, 0) is 18.6 Å². The predicted octanol–water partition coefficient (Wildman–Crippen LogP) is 2.55. The number of benzene rings is 1. The fourth-order valence-electron chi connectivity index (χ4n) is 1.59. The van der Waals surface area contributed by atoms with Crippen molar-refractivity contribution in [1.82, 2.24) is 4.72 Å². The SMILES string of the molecule is CCCCCNS(=O)(=O)c1cc(Br)cc(CO)c1F. The molecule has 0 fully saturated rings. The van der Waals surface area contributed by atoms with Crippen molar-refractivity contribution in [3.8, 4) is 0 Å². The second kappa shape index (κ2) is 7.33. The minimum atomic E-state index is -3.89. The lowest BCUT2D eigenvalue weighted by Gasteiger charge is -2.10. The fraction of sp³-hybridized carbons (Fsp3) is 0.500. The Morgan fingerprint density at radius 3 is 2.63 bits per heavy atom. The van der Waals surface area contributed by atoms with E-state index in [1.807, 2.05) is 6.92 Å². The van der Waals surface area contributed by atoms with E-state index in [1.54, 1.807) is 0 Å². The molecular weight excluding hydrogens is 337 g/mol. The first-order valence-electron chi connectivity index (χ1n) is 6.00. The maximum atomic E-state index is 13.9. The Hall–Kier alpha value is -0.500. The molecule has 0 aliphatic heterocycles. The van der Waals surface area contributed by atoms with Crippen LogP contribution in [0.5, 0.6) is 0 Å². The Balaban J connectivity index is 2.98. The van der Waals surface area contributed by atoms with Crippen LogP contribution in [0.3, 0.4) is 0 Å². The van der Waals surface area contributed by atoms with Gasteiger partial charge in [-0.2, -0.15) is 0 Å². The lowest BCUT2D eigenvalue weighted by Crippen LogP contribution is -2.26. The van der Waals surface area contributed by atoms with Gasteiger partial charge >= 0.3 is 0 Å². The number of aliphatic hydroxyl groups excluding tert-OH is 1. The third-order valence-corrected chi connectivity index (χ3v) is 4.53. The molecule has 0 heterocycles. The largest absolute Gasteiger partial charge is 0.392 e. The second-order valence-electron chi connectivity index (χ2n) is 4.14. The van der Waals surface area contributed by atoms with Crippen molar-refractivity contribution in [1.29, 1.82) is 0 Å². The third kappa shape index (κ3) is 4.52. The molecule has 108 valence electrons. The van der Waals surface area contributed by atoms with E-state index >= 15 is 0 Å². The van der Waals surface area contributed by atoms with Gasteiger partial charge < -0.3 is 5.11 Å². The summed E-state index contributed by atoms with van der Waals surface area (Å²) in [7, 11) is -3.89. The summed E-state index contributed by atoms with van der Waals surface area (Å²) in [6.07, 6.45) is 2.59. The van der Waals surface area contributed by atoms with Gasteiger partial charge in [0.2, 0.25) is 10.0 Å². The monoisotopic (exact) mass is 353 g/mol. The van der Waals surface area contributed by atoms with Crippen molar-refractivity contribution in [2.75, 3.05) is 6.54 Å². The number of rotatable bonds is 7. The van der Waals surface area contributed by atoms with Crippen molar-refractivity contribution < 1.29 is 17.9 Å². The van der Waals surface area contributed by atoms with Crippen LogP contribution in [0.4, 0.5) is 4.39 Å². The lowest BCUT2D eigenvalue weighted by molar-refractivity contribution is 0.274. The van der Waals surface area contributed by atoms with Crippen molar-refractivity contribution >= 4 is 26.0 Å². The van der Waals surface area contributed by atoms with Gasteiger partial charge in [0, 0.05) is 16.6 Å². The molecule has 19 heavy (non-hydrogen) atoms. The quantitative estimate of drug-likeness (QED) is 0.740. The number of hydrogen-bond donors (Lipinski definition) is 2. The lowest BCUT2D eigenvalue weighted by atomic mass is 10.2. The molecule has 0 saturated heterocycles.